The minimum atomic E-state index is -0.838. The second-order valence-electron chi connectivity index (χ2n) is 4.39. The minimum absolute atomic E-state index is 0.376. The van der Waals surface area contributed by atoms with Gasteiger partial charge in [0, 0.05) is 10.6 Å². The molecule has 0 saturated heterocycles. The molecule has 1 aromatic rings. The molecule has 3 N–H and O–H groups in total. The second kappa shape index (κ2) is 9.32. The molecule has 0 bridgehead atoms. The number of carbonyl (C=O) groups excluding carboxylic acids is 3. The number of amides is 2. The Balaban J connectivity index is 2.70. The first-order valence-electron chi connectivity index (χ1n) is 6.44. The van der Waals surface area contributed by atoms with Crippen LogP contribution in [0.2, 0.25) is 5.02 Å². The van der Waals surface area contributed by atoms with E-state index in [-0.39, 0.29) is 0 Å². The zero-order valence-corrected chi connectivity index (χ0v) is 13.6. The van der Waals surface area contributed by atoms with Crippen molar-refractivity contribution in [3.05, 3.63) is 34.9 Å². The van der Waals surface area contributed by atoms with E-state index in [1.807, 2.05) is 6.26 Å². The maximum absolute atomic E-state index is 12.1. The smallest absolute Gasteiger partial charge is 0.329 e. The van der Waals surface area contributed by atoms with Crippen molar-refractivity contribution in [3.63, 3.8) is 0 Å². The summed E-state index contributed by atoms with van der Waals surface area (Å²) in [6.07, 6.45) is 2.27. The average molecular weight is 345 g/mol. The van der Waals surface area contributed by atoms with E-state index in [0.29, 0.717) is 22.8 Å². The lowest BCUT2D eigenvalue weighted by atomic mass is 10.1. The van der Waals surface area contributed by atoms with Crippen LogP contribution in [0.3, 0.4) is 0 Å². The van der Waals surface area contributed by atoms with Gasteiger partial charge in [0.15, 0.2) is 6.61 Å². The molecule has 120 valence electrons. The van der Waals surface area contributed by atoms with Gasteiger partial charge in [-0.2, -0.15) is 11.8 Å². The topological polar surface area (TPSA) is 98.5 Å². The average Bonchev–Trinajstić information content (AvgIpc) is 2.49. The van der Waals surface area contributed by atoms with E-state index in [4.69, 9.17) is 22.1 Å². The van der Waals surface area contributed by atoms with Gasteiger partial charge in [0.05, 0.1) is 0 Å². The number of benzene rings is 1. The Morgan fingerprint density at radius 3 is 2.50 bits per heavy atom. The number of carbonyl (C=O) groups is 3. The Hall–Kier alpha value is -1.73. The predicted molar refractivity (Wildman–Crippen MR) is 85.9 cm³/mol. The molecule has 0 heterocycles. The van der Waals surface area contributed by atoms with E-state index in [0.717, 1.165) is 0 Å². The molecule has 0 aliphatic rings. The fraction of sp³-hybridized carbons (Fsp3) is 0.357. The van der Waals surface area contributed by atoms with Crippen LogP contribution in [-0.2, 0) is 14.3 Å². The fourth-order valence-corrected chi connectivity index (χ4v) is 2.17. The van der Waals surface area contributed by atoms with E-state index >= 15 is 0 Å². The highest BCUT2D eigenvalue weighted by molar-refractivity contribution is 7.98. The van der Waals surface area contributed by atoms with Gasteiger partial charge in [-0.05, 0) is 42.7 Å². The fourth-order valence-electron chi connectivity index (χ4n) is 1.57. The van der Waals surface area contributed by atoms with Crippen LogP contribution in [0.4, 0.5) is 0 Å². The van der Waals surface area contributed by atoms with Gasteiger partial charge in [-0.1, -0.05) is 11.6 Å². The Kier molecular flexibility index (Phi) is 7.76. The number of hydrogen-bond acceptors (Lipinski definition) is 5. The van der Waals surface area contributed by atoms with Crippen molar-refractivity contribution in [1.29, 1.82) is 0 Å². The van der Waals surface area contributed by atoms with Gasteiger partial charge in [0.2, 0.25) is 0 Å². The molecule has 8 heteroatoms. The van der Waals surface area contributed by atoms with Crippen LogP contribution < -0.4 is 11.1 Å². The van der Waals surface area contributed by atoms with E-state index in [1.165, 1.54) is 11.8 Å². The van der Waals surface area contributed by atoms with Crippen LogP contribution >= 0.6 is 23.4 Å². The molecule has 0 unspecified atom stereocenters. The van der Waals surface area contributed by atoms with Crippen LogP contribution in [-0.4, -0.2) is 42.4 Å². The molecule has 1 rings (SSSR count). The van der Waals surface area contributed by atoms with Crippen molar-refractivity contribution in [2.45, 2.75) is 12.5 Å². The van der Waals surface area contributed by atoms with Crippen LogP contribution in [0.5, 0.6) is 0 Å². The summed E-state index contributed by atoms with van der Waals surface area (Å²) >= 11 is 7.29. The highest BCUT2D eigenvalue weighted by atomic mass is 35.5. The molecule has 1 atom stereocenters. The largest absolute Gasteiger partial charge is 0.454 e. The number of primary amides is 1. The Labute approximate surface area is 137 Å². The molecular weight excluding hydrogens is 328 g/mol. The summed E-state index contributed by atoms with van der Waals surface area (Å²) in [6, 6.07) is 5.43. The first kappa shape index (κ1) is 18.3. The number of thioether (sulfide) groups is 1. The number of hydrogen-bond donors (Lipinski definition) is 2. The lowest BCUT2D eigenvalue weighted by molar-refractivity contribution is -0.149. The predicted octanol–water partition coefficient (Wildman–Crippen LogP) is 1.22. The highest BCUT2D eigenvalue weighted by Crippen LogP contribution is 2.10. The van der Waals surface area contributed by atoms with Crippen molar-refractivity contribution in [1.82, 2.24) is 5.32 Å². The summed E-state index contributed by atoms with van der Waals surface area (Å²) in [5, 5.41) is 3.10. The van der Waals surface area contributed by atoms with Crippen LogP contribution in [0.15, 0.2) is 24.3 Å². The van der Waals surface area contributed by atoms with E-state index in [9.17, 15) is 14.4 Å². The maximum atomic E-state index is 12.1. The van der Waals surface area contributed by atoms with Crippen LogP contribution in [0.1, 0.15) is 16.8 Å². The minimum Gasteiger partial charge on any atom is -0.454 e. The zero-order chi connectivity index (χ0) is 16.5. The van der Waals surface area contributed by atoms with E-state index in [2.05, 4.69) is 5.32 Å². The molecule has 0 radical (unpaired) electrons. The lowest BCUT2D eigenvalue weighted by Crippen LogP contribution is -2.43. The van der Waals surface area contributed by atoms with Gasteiger partial charge >= 0.3 is 5.97 Å². The summed E-state index contributed by atoms with van der Waals surface area (Å²) in [7, 11) is 0. The summed E-state index contributed by atoms with van der Waals surface area (Å²) in [5.74, 6) is -1.20. The van der Waals surface area contributed by atoms with Crippen molar-refractivity contribution in [3.8, 4) is 0 Å². The molecule has 22 heavy (non-hydrogen) atoms. The zero-order valence-electron chi connectivity index (χ0n) is 12.0. The van der Waals surface area contributed by atoms with Crippen LogP contribution in [0.25, 0.3) is 0 Å². The number of esters is 1. The molecule has 0 aliphatic carbocycles. The summed E-state index contributed by atoms with van der Waals surface area (Å²) < 4.78 is 4.76. The lowest BCUT2D eigenvalue weighted by Gasteiger charge is -2.17. The summed E-state index contributed by atoms with van der Waals surface area (Å²) in [5.41, 5.74) is 5.30. The molecular formula is C14H17ClN2O4S. The third-order valence-electron chi connectivity index (χ3n) is 2.66. The third-order valence-corrected chi connectivity index (χ3v) is 3.56. The van der Waals surface area contributed by atoms with Crippen molar-refractivity contribution in [2.24, 2.45) is 5.73 Å². The molecule has 2 amide bonds. The van der Waals surface area contributed by atoms with Gasteiger partial charge in [-0.25, -0.2) is 4.79 Å². The molecule has 0 spiro atoms. The standard InChI is InChI=1S/C14H17ClN2O4S/c1-22-7-6-11(14(20)21-8-12(16)18)17-13(19)9-2-4-10(15)5-3-9/h2-5,11H,6-8H2,1H3,(H2,16,18)(H,17,19)/t11-/m1/s1. The molecule has 0 fully saturated rings. The van der Waals surface area contributed by atoms with Gasteiger partial charge in [-0.15, -0.1) is 0 Å². The molecule has 0 aromatic heterocycles. The molecule has 0 aliphatic heterocycles. The van der Waals surface area contributed by atoms with Gasteiger partial charge in [-0.3, -0.25) is 9.59 Å². The number of rotatable bonds is 8. The van der Waals surface area contributed by atoms with Gasteiger partial charge < -0.3 is 15.8 Å². The Morgan fingerprint density at radius 1 is 1.32 bits per heavy atom. The van der Waals surface area contributed by atoms with Crippen LogP contribution in [0, 0.1) is 0 Å². The third kappa shape index (κ3) is 6.36. The summed E-state index contributed by atoms with van der Waals surface area (Å²) in [4.78, 5) is 34.7. The number of halogens is 1. The quantitative estimate of drug-likeness (QED) is 0.691. The van der Waals surface area contributed by atoms with E-state index in [1.54, 1.807) is 24.3 Å². The first-order chi connectivity index (χ1) is 10.4. The normalized spacial score (nSPS) is 11.5. The Morgan fingerprint density at radius 2 is 1.95 bits per heavy atom. The van der Waals surface area contributed by atoms with Gasteiger partial charge in [0.1, 0.15) is 6.04 Å². The van der Waals surface area contributed by atoms with Crippen molar-refractivity contribution < 1.29 is 19.1 Å². The molecule has 0 saturated carbocycles. The van der Waals surface area contributed by atoms with Crippen molar-refractivity contribution >= 4 is 41.1 Å². The number of ether oxygens (including phenoxy) is 1. The Bertz CT molecular complexity index is 536. The monoisotopic (exact) mass is 344 g/mol. The number of nitrogens with one attached hydrogen (secondary N) is 1. The molecule has 6 nitrogen and oxygen atoms in total. The maximum Gasteiger partial charge on any atom is 0.329 e. The first-order valence-corrected chi connectivity index (χ1v) is 8.21. The molecule has 1 aromatic carbocycles. The number of nitrogens with two attached hydrogens (primary N) is 1. The van der Waals surface area contributed by atoms with Gasteiger partial charge in [0.25, 0.3) is 11.8 Å². The van der Waals surface area contributed by atoms with Crippen molar-refractivity contribution in [2.75, 3.05) is 18.6 Å². The SMILES string of the molecule is CSCC[C@@H](NC(=O)c1ccc(Cl)cc1)C(=O)OCC(N)=O. The second-order valence-corrected chi connectivity index (χ2v) is 5.81. The van der Waals surface area contributed by atoms with E-state index < -0.39 is 30.4 Å². The summed E-state index contributed by atoms with van der Waals surface area (Å²) in [6.45, 7) is -0.509. The highest BCUT2D eigenvalue weighted by Gasteiger charge is 2.23.